The predicted octanol–water partition coefficient (Wildman–Crippen LogP) is 6.24. The third kappa shape index (κ3) is 4.74. The van der Waals surface area contributed by atoms with E-state index in [4.69, 9.17) is 15.2 Å². The van der Waals surface area contributed by atoms with Crippen LogP contribution in [-0.4, -0.2) is 0 Å². The van der Waals surface area contributed by atoms with Gasteiger partial charge in [-0.05, 0) is 54.8 Å². The van der Waals surface area contributed by atoms with Gasteiger partial charge in [0.05, 0.1) is 0 Å². The maximum Gasteiger partial charge on any atom is 0.170 e. The minimum Gasteiger partial charge on any atom is -0.453 e. The molecular formula is C23H23NO2. The van der Waals surface area contributed by atoms with Gasteiger partial charge in [-0.3, -0.25) is 0 Å². The van der Waals surface area contributed by atoms with Crippen molar-refractivity contribution >= 4 is 0 Å². The summed E-state index contributed by atoms with van der Waals surface area (Å²) in [6.07, 6.45) is 3.60. The number of nitrogens with two attached hydrogens (primary N) is 1. The Morgan fingerprint density at radius 3 is 1.96 bits per heavy atom. The molecule has 26 heavy (non-hydrogen) atoms. The average Bonchev–Trinajstić information content (AvgIpc) is 2.69. The second kappa shape index (κ2) is 8.88. The maximum absolute atomic E-state index is 6.30. The van der Waals surface area contributed by atoms with E-state index in [1.54, 1.807) is 0 Å². The second-order valence-electron chi connectivity index (χ2n) is 6.01. The topological polar surface area (TPSA) is 44.5 Å². The molecule has 132 valence electrons. The molecule has 2 N–H and O–H groups in total. The Labute approximate surface area is 154 Å². The van der Waals surface area contributed by atoms with Gasteiger partial charge in [0.1, 0.15) is 11.5 Å². The fourth-order valence-corrected chi connectivity index (χ4v) is 2.61. The molecule has 0 fully saturated rings. The summed E-state index contributed by atoms with van der Waals surface area (Å²) in [5, 5.41) is 0. The molecular weight excluding hydrogens is 322 g/mol. The summed E-state index contributed by atoms with van der Waals surface area (Å²) in [4.78, 5) is 0. The highest BCUT2D eigenvalue weighted by Crippen LogP contribution is 2.37. The average molecular weight is 345 g/mol. The van der Waals surface area contributed by atoms with Gasteiger partial charge in [-0.2, -0.15) is 0 Å². The number of rotatable bonds is 8. The van der Waals surface area contributed by atoms with Gasteiger partial charge in [-0.25, -0.2) is 0 Å². The fraction of sp³-hybridized carbons (Fsp3) is 0.130. The zero-order chi connectivity index (χ0) is 18.2. The van der Waals surface area contributed by atoms with Crippen LogP contribution in [0.4, 0.5) is 0 Å². The molecule has 1 atom stereocenters. The molecule has 0 radical (unpaired) electrons. The first-order valence-corrected chi connectivity index (χ1v) is 8.72. The zero-order valence-electron chi connectivity index (χ0n) is 14.7. The summed E-state index contributed by atoms with van der Waals surface area (Å²) in [5.41, 5.74) is 7.31. The normalized spacial score (nSPS) is 11.6. The van der Waals surface area contributed by atoms with Gasteiger partial charge in [0.25, 0.3) is 0 Å². The molecule has 0 saturated heterocycles. The van der Waals surface area contributed by atoms with Gasteiger partial charge in [0.15, 0.2) is 11.5 Å². The van der Waals surface area contributed by atoms with Crippen LogP contribution in [-0.2, 0) is 0 Å². The molecule has 0 amide bonds. The number of para-hydroxylation sites is 2. The Bertz CT molecular complexity index is 831. The molecule has 3 aromatic rings. The summed E-state index contributed by atoms with van der Waals surface area (Å²) >= 11 is 0. The Balaban J connectivity index is 1.90. The zero-order valence-corrected chi connectivity index (χ0v) is 14.7. The number of ether oxygens (including phenoxy) is 2. The van der Waals surface area contributed by atoms with Crippen molar-refractivity contribution in [1.82, 2.24) is 0 Å². The molecule has 0 spiro atoms. The van der Waals surface area contributed by atoms with Crippen molar-refractivity contribution in [2.24, 2.45) is 5.73 Å². The van der Waals surface area contributed by atoms with Crippen molar-refractivity contribution in [2.45, 2.75) is 18.9 Å². The molecule has 3 rings (SSSR count). The Morgan fingerprint density at radius 1 is 0.808 bits per heavy atom. The highest BCUT2D eigenvalue weighted by atomic mass is 16.5. The summed E-state index contributed by atoms with van der Waals surface area (Å²) in [6, 6.07) is 25.1. The minimum atomic E-state index is -0.0723. The minimum absolute atomic E-state index is 0.0723. The van der Waals surface area contributed by atoms with Gasteiger partial charge in [-0.1, -0.05) is 48.5 Å². The first kappa shape index (κ1) is 17.8. The van der Waals surface area contributed by atoms with E-state index in [2.05, 4.69) is 6.58 Å². The molecule has 0 aromatic heterocycles. The fourth-order valence-electron chi connectivity index (χ4n) is 2.61. The third-order valence-electron chi connectivity index (χ3n) is 4.02. The summed E-state index contributed by atoms with van der Waals surface area (Å²) in [5.74, 6) is 2.81. The van der Waals surface area contributed by atoms with Crippen molar-refractivity contribution in [3.8, 4) is 23.0 Å². The largest absolute Gasteiger partial charge is 0.453 e. The van der Waals surface area contributed by atoms with Crippen LogP contribution in [0.5, 0.6) is 23.0 Å². The van der Waals surface area contributed by atoms with E-state index in [-0.39, 0.29) is 6.04 Å². The Hall–Kier alpha value is -3.04. The van der Waals surface area contributed by atoms with Crippen molar-refractivity contribution in [2.75, 3.05) is 0 Å². The molecule has 0 aliphatic rings. The Kier molecular flexibility index (Phi) is 6.07. The van der Waals surface area contributed by atoms with Crippen LogP contribution in [0.2, 0.25) is 0 Å². The van der Waals surface area contributed by atoms with Crippen molar-refractivity contribution < 1.29 is 9.47 Å². The van der Waals surface area contributed by atoms with Crippen LogP contribution in [0.15, 0.2) is 91.5 Å². The van der Waals surface area contributed by atoms with Gasteiger partial charge in [0.2, 0.25) is 0 Å². The second-order valence-corrected chi connectivity index (χ2v) is 6.01. The highest BCUT2D eigenvalue weighted by Gasteiger charge is 2.13. The van der Waals surface area contributed by atoms with E-state index in [9.17, 15) is 0 Å². The Morgan fingerprint density at radius 2 is 1.38 bits per heavy atom. The molecule has 0 bridgehead atoms. The SMILES string of the molecule is C=CCC[C@H](N)c1ccc(Oc2ccccc2)c(Oc2ccccc2)c1. The molecule has 0 aliphatic carbocycles. The third-order valence-corrected chi connectivity index (χ3v) is 4.02. The lowest BCUT2D eigenvalue weighted by atomic mass is 10.0. The molecule has 0 heterocycles. The number of allylic oxidation sites excluding steroid dienone is 1. The standard InChI is InChI=1S/C23H23NO2/c1-2-3-14-21(24)18-15-16-22(25-19-10-6-4-7-11-19)23(17-18)26-20-12-8-5-9-13-20/h2,4-13,15-17,21H,1,3,14,24H2/t21-/m0/s1. The van der Waals surface area contributed by atoms with Gasteiger partial charge >= 0.3 is 0 Å². The van der Waals surface area contributed by atoms with Crippen LogP contribution < -0.4 is 15.2 Å². The molecule has 0 aliphatic heterocycles. The lowest BCUT2D eigenvalue weighted by molar-refractivity contribution is 0.417. The van der Waals surface area contributed by atoms with Crippen molar-refractivity contribution in [3.63, 3.8) is 0 Å². The molecule has 3 aromatic carbocycles. The van der Waals surface area contributed by atoms with Gasteiger partial charge < -0.3 is 15.2 Å². The lowest BCUT2D eigenvalue weighted by Crippen LogP contribution is -2.10. The van der Waals surface area contributed by atoms with Gasteiger partial charge in [0, 0.05) is 6.04 Å². The lowest BCUT2D eigenvalue weighted by Gasteiger charge is -2.16. The van der Waals surface area contributed by atoms with E-state index in [1.807, 2.05) is 84.9 Å². The quantitative estimate of drug-likeness (QED) is 0.492. The van der Waals surface area contributed by atoms with Crippen LogP contribution in [0, 0.1) is 0 Å². The predicted molar refractivity (Wildman–Crippen MR) is 106 cm³/mol. The highest BCUT2D eigenvalue weighted by molar-refractivity contribution is 5.48. The maximum atomic E-state index is 6.30. The van der Waals surface area contributed by atoms with Crippen LogP contribution in [0.1, 0.15) is 24.4 Å². The molecule has 3 nitrogen and oxygen atoms in total. The van der Waals surface area contributed by atoms with Crippen molar-refractivity contribution in [3.05, 3.63) is 97.1 Å². The van der Waals surface area contributed by atoms with E-state index in [0.29, 0.717) is 11.5 Å². The number of hydrogen-bond donors (Lipinski definition) is 1. The summed E-state index contributed by atoms with van der Waals surface area (Å²) in [6.45, 7) is 3.76. The summed E-state index contributed by atoms with van der Waals surface area (Å²) < 4.78 is 12.1. The number of hydrogen-bond acceptors (Lipinski definition) is 3. The van der Waals surface area contributed by atoms with E-state index in [1.165, 1.54) is 0 Å². The first-order chi connectivity index (χ1) is 12.8. The van der Waals surface area contributed by atoms with Crippen LogP contribution in [0.3, 0.4) is 0 Å². The van der Waals surface area contributed by atoms with Crippen LogP contribution >= 0.6 is 0 Å². The van der Waals surface area contributed by atoms with E-state index >= 15 is 0 Å². The monoisotopic (exact) mass is 345 g/mol. The molecule has 3 heteroatoms. The van der Waals surface area contributed by atoms with E-state index in [0.717, 1.165) is 29.9 Å². The molecule has 0 saturated carbocycles. The van der Waals surface area contributed by atoms with Crippen molar-refractivity contribution in [1.29, 1.82) is 0 Å². The van der Waals surface area contributed by atoms with Crippen LogP contribution in [0.25, 0.3) is 0 Å². The summed E-state index contributed by atoms with van der Waals surface area (Å²) in [7, 11) is 0. The smallest absolute Gasteiger partial charge is 0.170 e. The first-order valence-electron chi connectivity index (χ1n) is 8.72. The molecule has 0 unspecified atom stereocenters. The number of benzene rings is 3. The van der Waals surface area contributed by atoms with E-state index < -0.39 is 0 Å². The van der Waals surface area contributed by atoms with Gasteiger partial charge in [-0.15, -0.1) is 6.58 Å².